The second-order valence-electron chi connectivity index (χ2n) is 11.2. The molecule has 11 heteroatoms. The number of piperidine rings is 1. The van der Waals surface area contributed by atoms with Crippen LogP contribution in [0.15, 0.2) is 60.3 Å². The van der Waals surface area contributed by atoms with Crippen LogP contribution in [0, 0.1) is 6.92 Å². The molecule has 2 aliphatic heterocycles. The van der Waals surface area contributed by atoms with E-state index in [1.165, 1.54) is 6.08 Å². The Balaban J connectivity index is 1.51. The zero-order valence-electron chi connectivity index (χ0n) is 24.4. The van der Waals surface area contributed by atoms with Crippen molar-refractivity contribution in [2.45, 2.75) is 51.6 Å². The highest BCUT2D eigenvalue weighted by molar-refractivity contribution is 6.05. The maximum Gasteiger partial charge on any atom is 0.276 e. The van der Waals surface area contributed by atoms with Gasteiger partial charge in [-0.25, -0.2) is 4.98 Å². The summed E-state index contributed by atoms with van der Waals surface area (Å²) in [7, 11) is 2.17. The number of benzene rings is 1. The van der Waals surface area contributed by atoms with E-state index in [-0.39, 0.29) is 17.5 Å². The third-order valence-electron chi connectivity index (χ3n) is 8.53. The average Bonchev–Trinajstić information content (AvgIpc) is 3.51. The maximum atomic E-state index is 14.6. The molecule has 0 spiro atoms. The summed E-state index contributed by atoms with van der Waals surface area (Å²) in [5, 5.41) is 10.7. The summed E-state index contributed by atoms with van der Waals surface area (Å²) in [5.74, 6) is 0.251. The van der Waals surface area contributed by atoms with E-state index >= 15 is 0 Å². The largest absolute Gasteiger partial charge is 0.333 e. The van der Waals surface area contributed by atoms with E-state index in [2.05, 4.69) is 45.9 Å². The van der Waals surface area contributed by atoms with E-state index in [1.54, 1.807) is 23.5 Å². The van der Waals surface area contributed by atoms with Crippen LogP contribution in [0.1, 0.15) is 44.2 Å². The van der Waals surface area contributed by atoms with Crippen LogP contribution in [-0.4, -0.2) is 68.3 Å². The van der Waals surface area contributed by atoms with Crippen molar-refractivity contribution in [1.82, 2.24) is 29.6 Å². The van der Waals surface area contributed by atoms with Crippen LogP contribution in [0.3, 0.4) is 0 Å². The molecule has 1 amide bonds. The van der Waals surface area contributed by atoms with E-state index in [4.69, 9.17) is 4.98 Å². The first-order valence-corrected chi connectivity index (χ1v) is 14.6. The molecule has 1 aromatic carbocycles. The Hall–Kier alpha value is -4.51. The Morgan fingerprint density at radius 3 is 2.83 bits per heavy atom. The van der Waals surface area contributed by atoms with E-state index in [0.29, 0.717) is 36.4 Å². The van der Waals surface area contributed by atoms with Crippen LogP contribution in [0.5, 0.6) is 0 Å². The number of aromatic amines is 1. The van der Waals surface area contributed by atoms with Crippen LogP contribution in [-0.2, 0) is 4.79 Å². The number of hydrogen-bond donors (Lipinski definition) is 2. The minimum absolute atomic E-state index is 0.00927. The molecule has 5 heterocycles. The molecule has 42 heavy (non-hydrogen) atoms. The molecule has 0 aliphatic carbocycles. The van der Waals surface area contributed by atoms with Gasteiger partial charge in [-0.05, 0) is 57.0 Å². The predicted octanol–water partition coefficient (Wildman–Crippen LogP) is 4.67. The molecule has 1 fully saturated rings. The number of nitrogens with one attached hydrogen (secondary N) is 2. The maximum absolute atomic E-state index is 14.6. The highest BCUT2D eigenvalue weighted by atomic mass is 16.2. The molecule has 1 saturated heterocycles. The third kappa shape index (κ3) is 4.94. The van der Waals surface area contributed by atoms with E-state index in [1.807, 2.05) is 40.7 Å². The highest BCUT2D eigenvalue weighted by Gasteiger charge is 2.33. The number of anilines is 5. The number of fused-ring (bicyclic) bond motifs is 2. The molecule has 2 unspecified atom stereocenters. The van der Waals surface area contributed by atoms with Gasteiger partial charge in [-0.1, -0.05) is 32.1 Å². The minimum atomic E-state index is -0.152. The van der Waals surface area contributed by atoms with Crippen LogP contribution in [0.25, 0.3) is 11.0 Å². The fourth-order valence-electron chi connectivity index (χ4n) is 6.42. The molecule has 0 bridgehead atoms. The van der Waals surface area contributed by atoms with Crippen LogP contribution in [0.2, 0.25) is 0 Å². The number of carbonyl (C=O) groups excluding carboxylic acids is 1. The monoisotopic (exact) mass is 567 g/mol. The van der Waals surface area contributed by atoms with Crippen LogP contribution < -0.4 is 20.7 Å². The molecule has 218 valence electrons. The Bertz CT molecular complexity index is 1680. The summed E-state index contributed by atoms with van der Waals surface area (Å²) in [6.45, 7) is 9.71. The molecule has 11 nitrogen and oxygen atoms in total. The number of carbonyl (C=O) groups is 1. The van der Waals surface area contributed by atoms with Gasteiger partial charge in [0.2, 0.25) is 5.95 Å². The van der Waals surface area contributed by atoms with E-state index in [0.717, 1.165) is 60.2 Å². The van der Waals surface area contributed by atoms with Gasteiger partial charge in [-0.15, -0.1) is 0 Å². The Morgan fingerprint density at radius 1 is 1.21 bits per heavy atom. The van der Waals surface area contributed by atoms with Crippen LogP contribution >= 0.6 is 0 Å². The number of aryl methyl sites for hydroxylation is 1. The topological polar surface area (TPSA) is 115 Å². The fraction of sp³-hybridized carbons (Fsp3) is 0.387. The first-order chi connectivity index (χ1) is 20.4. The predicted molar refractivity (Wildman–Crippen MR) is 166 cm³/mol. The molecule has 0 saturated carbocycles. The lowest BCUT2D eigenvalue weighted by atomic mass is 9.94. The number of H-pyrrole nitrogens is 1. The van der Waals surface area contributed by atoms with Crippen molar-refractivity contribution in [2.24, 2.45) is 0 Å². The van der Waals surface area contributed by atoms with Crippen molar-refractivity contribution in [3.63, 3.8) is 0 Å². The summed E-state index contributed by atoms with van der Waals surface area (Å²) in [6, 6.07) is 8.20. The number of nitrogens with zero attached hydrogens (tertiary/aromatic N) is 7. The van der Waals surface area contributed by atoms with Crippen LogP contribution in [0.4, 0.5) is 28.7 Å². The zero-order chi connectivity index (χ0) is 29.4. The van der Waals surface area contributed by atoms with Gasteiger partial charge in [-0.2, -0.15) is 10.1 Å². The summed E-state index contributed by atoms with van der Waals surface area (Å²) < 4.78 is 1.90. The van der Waals surface area contributed by atoms with Gasteiger partial charge in [0.1, 0.15) is 11.3 Å². The smallest absolute Gasteiger partial charge is 0.276 e. The quantitative estimate of drug-likeness (QED) is 0.310. The highest BCUT2D eigenvalue weighted by Crippen LogP contribution is 2.40. The molecule has 4 aromatic rings. The van der Waals surface area contributed by atoms with E-state index < -0.39 is 0 Å². The SMILES string of the molecule is C=CC(=O)N1CCN(c2cc3cnc(Nc4cn[nH]c4)nc3n(C3CCN(C)C(CCC)C3)c2=O)c2cccc(C)c21. The molecule has 6 rings (SSSR count). The van der Waals surface area contributed by atoms with Crippen molar-refractivity contribution in [3.8, 4) is 0 Å². The van der Waals surface area contributed by atoms with Gasteiger partial charge in [0.05, 0.1) is 23.3 Å². The summed E-state index contributed by atoms with van der Waals surface area (Å²) in [4.78, 5) is 43.1. The lowest BCUT2D eigenvalue weighted by molar-refractivity contribution is -0.114. The Morgan fingerprint density at radius 2 is 2.07 bits per heavy atom. The Labute approximate surface area is 244 Å². The molecule has 3 aromatic heterocycles. The second kappa shape index (κ2) is 11.4. The first-order valence-electron chi connectivity index (χ1n) is 14.6. The van der Waals surface area contributed by atoms with Crippen molar-refractivity contribution in [1.29, 1.82) is 0 Å². The number of hydrogen-bond acceptors (Lipinski definition) is 8. The van der Waals surface area contributed by atoms with Gasteiger partial charge < -0.3 is 20.0 Å². The summed E-state index contributed by atoms with van der Waals surface area (Å²) >= 11 is 0. The third-order valence-corrected chi connectivity index (χ3v) is 8.53. The number of pyridine rings is 1. The lowest BCUT2D eigenvalue weighted by Gasteiger charge is -2.40. The van der Waals surface area contributed by atoms with Crippen molar-refractivity contribution in [3.05, 3.63) is 71.4 Å². The van der Waals surface area contributed by atoms with Gasteiger partial charge in [0.25, 0.3) is 11.5 Å². The standard InChI is InChI=1S/C31H37N9O2/c1-5-8-23-16-24(11-12-37(23)4)40-29-21(17-32-31(36-29)35-22-18-33-34-19-22)15-26(30(40)42)38-13-14-39(27(41)6-2)28-20(3)9-7-10-25(28)38/h6-7,9-10,15,17-19,23-24H,2,5,8,11-14,16H2,1,3-4H3,(H,33,34)(H,32,35,36). The zero-order valence-corrected chi connectivity index (χ0v) is 24.4. The lowest BCUT2D eigenvalue weighted by Crippen LogP contribution is -2.45. The van der Waals surface area contributed by atoms with Gasteiger partial charge in [-0.3, -0.25) is 19.3 Å². The molecule has 2 N–H and O–H groups in total. The molecular weight excluding hydrogens is 530 g/mol. The van der Waals surface area contributed by atoms with Gasteiger partial charge in [0, 0.05) is 49.5 Å². The van der Waals surface area contributed by atoms with Crippen molar-refractivity contribution in [2.75, 3.05) is 41.8 Å². The number of para-hydroxylation sites is 1. The van der Waals surface area contributed by atoms with Crippen molar-refractivity contribution >= 4 is 45.6 Å². The molecule has 2 aliphatic rings. The second-order valence-corrected chi connectivity index (χ2v) is 11.2. The molecule has 2 atom stereocenters. The average molecular weight is 568 g/mol. The summed E-state index contributed by atoms with van der Waals surface area (Å²) in [6.07, 6.45) is 10.4. The fourth-order valence-corrected chi connectivity index (χ4v) is 6.42. The molecule has 0 radical (unpaired) electrons. The first kappa shape index (κ1) is 27.6. The van der Waals surface area contributed by atoms with E-state index in [9.17, 15) is 9.59 Å². The normalized spacial score (nSPS) is 19.1. The number of aromatic nitrogens is 5. The minimum Gasteiger partial charge on any atom is -0.333 e. The summed E-state index contributed by atoms with van der Waals surface area (Å²) in [5.41, 5.74) is 4.41. The molecular formula is C31H37N9O2. The van der Waals surface area contributed by atoms with Crippen molar-refractivity contribution < 1.29 is 4.79 Å². The van der Waals surface area contributed by atoms with Gasteiger partial charge >= 0.3 is 0 Å². The number of rotatable bonds is 7. The van der Waals surface area contributed by atoms with Gasteiger partial charge in [0.15, 0.2) is 0 Å². The Kier molecular flexibility index (Phi) is 7.51. The number of likely N-dealkylation sites (tertiary alicyclic amines) is 1. The number of amides is 1.